The number of carbonyl (C=O) groups excluding carboxylic acids is 1. The molecule has 3 rings (SSSR count). The SMILES string of the molecule is CC[C@@H](C(=O)Nc1cnc2cc(C)nn2c1)c1ccccc1. The molecule has 0 radical (unpaired) electrons. The van der Waals surface area contributed by atoms with Crippen LogP contribution in [-0.2, 0) is 4.79 Å². The van der Waals surface area contributed by atoms with Crippen molar-refractivity contribution >= 4 is 17.2 Å². The topological polar surface area (TPSA) is 59.3 Å². The standard InChI is InChI=1S/C17H18N4O/c1-3-15(13-7-5-4-6-8-13)17(22)19-14-10-18-16-9-12(2)20-21(16)11-14/h4-11,15H,3H2,1-2H3,(H,19,22)/t15-/m1/s1. The van der Waals surface area contributed by atoms with Crippen LogP contribution in [0.2, 0.25) is 0 Å². The second-order valence-corrected chi connectivity index (χ2v) is 5.29. The highest BCUT2D eigenvalue weighted by Gasteiger charge is 2.18. The Morgan fingerprint density at radius 3 is 2.82 bits per heavy atom. The van der Waals surface area contributed by atoms with Gasteiger partial charge in [0.25, 0.3) is 0 Å². The maximum absolute atomic E-state index is 12.5. The van der Waals surface area contributed by atoms with Crippen molar-refractivity contribution in [3.05, 3.63) is 60.0 Å². The number of aromatic nitrogens is 3. The Hall–Kier alpha value is -2.69. The van der Waals surface area contributed by atoms with Crippen molar-refractivity contribution in [1.82, 2.24) is 14.6 Å². The number of hydrogen-bond acceptors (Lipinski definition) is 3. The average Bonchev–Trinajstić information content (AvgIpc) is 2.88. The Morgan fingerprint density at radius 1 is 1.32 bits per heavy atom. The van der Waals surface area contributed by atoms with Crippen LogP contribution < -0.4 is 5.32 Å². The van der Waals surface area contributed by atoms with Crippen LogP contribution in [0.1, 0.15) is 30.5 Å². The molecular formula is C17H18N4O. The number of rotatable bonds is 4. The first-order valence-electron chi connectivity index (χ1n) is 7.35. The van der Waals surface area contributed by atoms with Gasteiger partial charge >= 0.3 is 0 Å². The van der Waals surface area contributed by atoms with E-state index in [1.807, 2.05) is 50.2 Å². The Balaban J connectivity index is 1.82. The first kappa shape index (κ1) is 14.3. The molecular weight excluding hydrogens is 276 g/mol. The Bertz CT molecular complexity index is 795. The minimum atomic E-state index is -0.170. The van der Waals surface area contributed by atoms with Gasteiger partial charge in [-0.25, -0.2) is 9.50 Å². The third-order valence-electron chi connectivity index (χ3n) is 3.63. The third-order valence-corrected chi connectivity index (χ3v) is 3.63. The van der Waals surface area contributed by atoms with Gasteiger partial charge in [-0.1, -0.05) is 37.3 Å². The summed E-state index contributed by atoms with van der Waals surface area (Å²) in [5, 5.41) is 7.24. The molecule has 0 bridgehead atoms. The predicted molar refractivity (Wildman–Crippen MR) is 85.8 cm³/mol. The number of nitrogens with one attached hydrogen (secondary N) is 1. The molecule has 0 aliphatic carbocycles. The fraction of sp³-hybridized carbons (Fsp3) is 0.235. The Kier molecular flexibility index (Phi) is 3.87. The molecule has 0 unspecified atom stereocenters. The van der Waals surface area contributed by atoms with E-state index < -0.39 is 0 Å². The molecule has 0 aliphatic heterocycles. The van der Waals surface area contributed by atoms with E-state index in [9.17, 15) is 4.79 Å². The van der Waals surface area contributed by atoms with Gasteiger partial charge < -0.3 is 5.32 Å². The quantitative estimate of drug-likeness (QED) is 0.804. The van der Waals surface area contributed by atoms with Crippen LogP contribution in [0, 0.1) is 6.92 Å². The molecule has 22 heavy (non-hydrogen) atoms. The van der Waals surface area contributed by atoms with Gasteiger partial charge in [0.1, 0.15) is 0 Å². The molecule has 0 saturated carbocycles. The highest BCUT2D eigenvalue weighted by Crippen LogP contribution is 2.21. The Morgan fingerprint density at radius 2 is 2.09 bits per heavy atom. The van der Waals surface area contributed by atoms with E-state index in [0.29, 0.717) is 5.69 Å². The molecule has 1 N–H and O–H groups in total. The van der Waals surface area contributed by atoms with Crippen molar-refractivity contribution < 1.29 is 4.79 Å². The summed E-state index contributed by atoms with van der Waals surface area (Å²) in [7, 11) is 0. The second kappa shape index (κ2) is 5.97. The van der Waals surface area contributed by atoms with Crippen LogP contribution in [0.3, 0.4) is 0 Å². The van der Waals surface area contributed by atoms with Crippen LogP contribution in [0.15, 0.2) is 48.8 Å². The molecule has 1 atom stereocenters. The van der Waals surface area contributed by atoms with Gasteiger partial charge in [0.15, 0.2) is 5.65 Å². The van der Waals surface area contributed by atoms with Gasteiger partial charge in [-0.3, -0.25) is 4.79 Å². The van der Waals surface area contributed by atoms with Gasteiger partial charge in [-0.05, 0) is 18.9 Å². The molecule has 1 aromatic carbocycles. The van der Waals surface area contributed by atoms with E-state index in [-0.39, 0.29) is 11.8 Å². The van der Waals surface area contributed by atoms with E-state index in [4.69, 9.17) is 0 Å². The summed E-state index contributed by atoms with van der Waals surface area (Å²) in [5.41, 5.74) is 3.33. The summed E-state index contributed by atoms with van der Waals surface area (Å²) in [6.45, 7) is 3.92. The molecule has 0 aliphatic rings. The second-order valence-electron chi connectivity index (χ2n) is 5.29. The van der Waals surface area contributed by atoms with Crippen molar-refractivity contribution in [2.24, 2.45) is 0 Å². The maximum atomic E-state index is 12.5. The first-order chi connectivity index (χ1) is 10.7. The van der Waals surface area contributed by atoms with E-state index >= 15 is 0 Å². The number of aryl methyl sites for hydroxylation is 1. The molecule has 2 heterocycles. The maximum Gasteiger partial charge on any atom is 0.231 e. The van der Waals surface area contributed by atoms with E-state index in [1.54, 1.807) is 16.9 Å². The molecule has 0 saturated heterocycles. The van der Waals surface area contributed by atoms with Crippen LogP contribution in [0.4, 0.5) is 5.69 Å². The summed E-state index contributed by atoms with van der Waals surface area (Å²) in [5.74, 6) is -0.199. The normalized spacial score (nSPS) is 12.3. The summed E-state index contributed by atoms with van der Waals surface area (Å²) >= 11 is 0. The molecule has 5 nitrogen and oxygen atoms in total. The lowest BCUT2D eigenvalue weighted by molar-refractivity contribution is -0.117. The molecule has 112 valence electrons. The smallest absolute Gasteiger partial charge is 0.231 e. The molecule has 1 amide bonds. The minimum absolute atomic E-state index is 0.0290. The molecule has 3 aromatic rings. The molecule has 0 spiro atoms. The fourth-order valence-electron chi connectivity index (χ4n) is 2.55. The van der Waals surface area contributed by atoms with Crippen LogP contribution in [0.25, 0.3) is 5.65 Å². The zero-order valence-electron chi connectivity index (χ0n) is 12.7. The van der Waals surface area contributed by atoms with Crippen LogP contribution in [-0.4, -0.2) is 20.5 Å². The van der Waals surface area contributed by atoms with Gasteiger partial charge in [-0.2, -0.15) is 5.10 Å². The van der Waals surface area contributed by atoms with Crippen LogP contribution >= 0.6 is 0 Å². The van der Waals surface area contributed by atoms with Gasteiger partial charge in [-0.15, -0.1) is 0 Å². The third kappa shape index (κ3) is 2.83. The predicted octanol–water partition coefficient (Wildman–Crippen LogP) is 3.17. The summed E-state index contributed by atoms with van der Waals surface area (Å²) in [4.78, 5) is 16.8. The lowest BCUT2D eigenvalue weighted by Gasteiger charge is -2.15. The van der Waals surface area contributed by atoms with Crippen molar-refractivity contribution in [3.8, 4) is 0 Å². The number of amides is 1. The summed E-state index contributed by atoms with van der Waals surface area (Å²) in [6, 6.07) is 11.7. The zero-order valence-corrected chi connectivity index (χ0v) is 12.7. The molecule has 0 fully saturated rings. The first-order valence-corrected chi connectivity index (χ1v) is 7.35. The van der Waals surface area contributed by atoms with Crippen LogP contribution in [0.5, 0.6) is 0 Å². The van der Waals surface area contributed by atoms with E-state index in [0.717, 1.165) is 23.3 Å². The number of carbonyl (C=O) groups is 1. The van der Waals surface area contributed by atoms with Crippen molar-refractivity contribution in [1.29, 1.82) is 0 Å². The van der Waals surface area contributed by atoms with E-state index in [1.165, 1.54) is 0 Å². The Labute approximate surface area is 129 Å². The number of anilines is 1. The highest BCUT2D eigenvalue weighted by molar-refractivity contribution is 5.95. The molecule has 5 heteroatoms. The average molecular weight is 294 g/mol. The lowest BCUT2D eigenvalue weighted by Crippen LogP contribution is -2.21. The van der Waals surface area contributed by atoms with Gasteiger partial charge in [0.2, 0.25) is 5.91 Å². The summed E-state index contributed by atoms with van der Waals surface area (Å²) in [6.07, 6.45) is 4.18. The van der Waals surface area contributed by atoms with Gasteiger partial charge in [0.05, 0.1) is 29.7 Å². The van der Waals surface area contributed by atoms with E-state index in [2.05, 4.69) is 15.4 Å². The number of fused-ring (bicyclic) bond motifs is 1. The monoisotopic (exact) mass is 294 g/mol. The van der Waals surface area contributed by atoms with Crippen molar-refractivity contribution in [2.75, 3.05) is 5.32 Å². The highest BCUT2D eigenvalue weighted by atomic mass is 16.1. The number of nitrogens with zero attached hydrogens (tertiary/aromatic N) is 3. The minimum Gasteiger partial charge on any atom is -0.323 e. The van der Waals surface area contributed by atoms with Crippen molar-refractivity contribution in [2.45, 2.75) is 26.2 Å². The lowest BCUT2D eigenvalue weighted by atomic mass is 9.95. The molecule has 2 aromatic heterocycles. The largest absolute Gasteiger partial charge is 0.323 e. The van der Waals surface area contributed by atoms with Crippen molar-refractivity contribution in [3.63, 3.8) is 0 Å². The summed E-state index contributed by atoms with van der Waals surface area (Å²) < 4.78 is 1.68. The number of hydrogen-bond donors (Lipinski definition) is 1. The van der Waals surface area contributed by atoms with Gasteiger partial charge in [0, 0.05) is 6.07 Å². The fourth-order valence-corrected chi connectivity index (χ4v) is 2.55. The number of benzene rings is 1. The zero-order chi connectivity index (χ0) is 15.5.